The van der Waals surface area contributed by atoms with Gasteiger partial charge in [0, 0.05) is 18.2 Å². The lowest BCUT2D eigenvalue weighted by Crippen LogP contribution is -2.41. The van der Waals surface area contributed by atoms with Crippen molar-refractivity contribution >= 4 is 11.6 Å². The third kappa shape index (κ3) is 2.18. The van der Waals surface area contributed by atoms with Crippen molar-refractivity contribution in [1.82, 2.24) is 24.6 Å². The molecular formula is C18H20N6O. The van der Waals surface area contributed by atoms with Crippen LogP contribution >= 0.6 is 0 Å². The van der Waals surface area contributed by atoms with E-state index in [0.717, 1.165) is 22.8 Å². The number of hydrogen-bond acceptors (Lipinski definition) is 6. The first-order valence-corrected chi connectivity index (χ1v) is 8.69. The van der Waals surface area contributed by atoms with Crippen LogP contribution in [-0.2, 0) is 0 Å². The zero-order chi connectivity index (χ0) is 17.0. The quantitative estimate of drug-likeness (QED) is 0.791. The fourth-order valence-corrected chi connectivity index (χ4v) is 4.31. The number of aromatic nitrogens is 5. The van der Waals surface area contributed by atoms with E-state index >= 15 is 0 Å². The van der Waals surface area contributed by atoms with Crippen molar-refractivity contribution in [3.63, 3.8) is 0 Å². The summed E-state index contributed by atoms with van der Waals surface area (Å²) in [6.45, 7) is 0. The van der Waals surface area contributed by atoms with E-state index in [9.17, 15) is 0 Å². The number of nitrogen functional groups attached to an aromatic ring is 1. The molecule has 0 aromatic carbocycles. The number of anilines is 1. The van der Waals surface area contributed by atoms with E-state index in [4.69, 9.17) is 15.6 Å². The van der Waals surface area contributed by atoms with Gasteiger partial charge < -0.3 is 10.5 Å². The van der Waals surface area contributed by atoms with Gasteiger partial charge in [-0.15, -0.1) is 0 Å². The number of nitrogens with two attached hydrogens (primary N) is 1. The molecule has 3 aromatic heterocycles. The number of imidazole rings is 1. The van der Waals surface area contributed by atoms with E-state index in [-0.39, 0.29) is 5.95 Å². The van der Waals surface area contributed by atoms with E-state index in [1.807, 2.05) is 16.6 Å². The number of rotatable bonds is 3. The van der Waals surface area contributed by atoms with Gasteiger partial charge in [-0.2, -0.15) is 5.10 Å². The highest BCUT2D eigenvalue weighted by atomic mass is 16.5. The van der Waals surface area contributed by atoms with Crippen LogP contribution < -0.4 is 10.5 Å². The SMILES string of the molecule is COc1cc2ncc(-c3ccnc(N)n3)n2nc1C1CC2(CCC2)C1. The van der Waals surface area contributed by atoms with Crippen LogP contribution in [-0.4, -0.2) is 31.7 Å². The lowest BCUT2D eigenvalue weighted by Gasteiger charge is -2.54. The van der Waals surface area contributed by atoms with Gasteiger partial charge >= 0.3 is 0 Å². The Hall–Kier alpha value is -2.70. The molecule has 2 aliphatic rings. The average Bonchev–Trinajstić information content (AvgIpc) is 2.94. The lowest BCUT2D eigenvalue weighted by molar-refractivity contribution is 0.00648. The van der Waals surface area contributed by atoms with Gasteiger partial charge in [0.05, 0.1) is 19.0 Å². The van der Waals surface area contributed by atoms with Crippen LogP contribution in [0.5, 0.6) is 5.75 Å². The van der Waals surface area contributed by atoms with Gasteiger partial charge in [0.2, 0.25) is 5.95 Å². The monoisotopic (exact) mass is 336 g/mol. The van der Waals surface area contributed by atoms with Crippen LogP contribution in [0.4, 0.5) is 5.95 Å². The summed E-state index contributed by atoms with van der Waals surface area (Å²) in [7, 11) is 1.70. The van der Waals surface area contributed by atoms with E-state index in [0.29, 0.717) is 17.0 Å². The molecule has 2 fully saturated rings. The smallest absolute Gasteiger partial charge is 0.220 e. The molecule has 3 heterocycles. The molecule has 0 atom stereocenters. The lowest BCUT2D eigenvalue weighted by atomic mass is 9.51. The van der Waals surface area contributed by atoms with Crippen LogP contribution in [0, 0.1) is 5.41 Å². The maximum absolute atomic E-state index is 5.72. The maximum atomic E-state index is 5.72. The van der Waals surface area contributed by atoms with Gasteiger partial charge in [0.15, 0.2) is 5.65 Å². The van der Waals surface area contributed by atoms with Crippen LogP contribution in [0.25, 0.3) is 17.0 Å². The maximum Gasteiger partial charge on any atom is 0.220 e. The van der Waals surface area contributed by atoms with Gasteiger partial charge in [0.25, 0.3) is 0 Å². The van der Waals surface area contributed by atoms with Gasteiger partial charge in [-0.05, 0) is 37.2 Å². The summed E-state index contributed by atoms with van der Waals surface area (Å²) in [6.07, 6.45) is 9.94. The molecule has 1 spiro atoms. The van der Waals surface area contributed by atoms with Crippen LogP contribution in [0.1, 0.15) is 43.7 Å². The van der Waals surface area contributed by atoms with Crippen molar-refractivity contribution in [2.24, 2.45) is 5.41 Å². The zero-order valence-corrected chi connectivity index (χ0v) is 14.1. The Kier molecular flexibility index (Phi) is 3.01. The second-order valence-corrected chi connectivity index (χ2v) is 7.27. The molecule has 0 unspecified atom stereocenters. The molecule has 2 aliphatic carbocycles. The number of hydrogen-bond donors (Lipinski definition) is 1. The predicted molar refractivity (Wildman–Crippen MR) is 93.2 cm³/mol. The summed E-state index contributed by atoms with van der Waals surface area (Å²) in [5, 5.41) is 4.89. The summed E-state index contributed by atoms with van der Waals surface area (Å²) < 4.78 is 7.44. The molecule has 3 aromatic rings. The first-order chi connectivity index (χ1) is 12.2. The second-order valence-electron chi connectivity index (χ2n) is 7.27. The van der Waals surface area contributed by atoms with Crippen LogP contribution in [0.2, 0.25) is 0 Å². The van der Waals surface area contributed by atoms with E-state index in [1.165, 1.54) is 32.1 Å². The van der Waals surface area contributed by atoms with Crippen molar-refractivity contribution in [3.05, 3.63) is 30.2 Å². The normalized spacial score (nSPS) is 18.9. The van der Waals surface area contributed by atoms with Crippen LogP contribution in [0.15, 0.2) is 24.5 Å². The minimum atomic E-state index is 0.243. The predicted octanol–water partition coefficient (Wildman–Crippen LogP) is 2.82. The fraction of sp³-hybridized carbons (Fsp3) is 0.444. The molecule has 25 heavy (non-hydrogen) atoms. The standard InChI is InChI=1S/C18H20N6O/c1-25-14-7-15-21-10-13(12-3-6-20-17(19)22-12)24(15)23-16(14)11-8-18(9-11)4-2-5-18/h3,6-7,10-11H,2,4-5,8-9H2,1H3,(H2,19,20,22). The Morgan fingerprint density at radius 2 is 2.12 bits per heavy atom. The third-order valence-electron chi connectivity index (χ3n) is 5.80. The molecule has 2 saturated carbocycles. The van der Waals surface area contributed by atoms with E-state index < -0.39 is 0 Å². The van der Waals surface area contributed by atoms with Gasteiger partial charge in [-0.3, -0.25) is 0 Å². The van der Waals surface area contributed by atoms with Crippen LogP contribution in [0.3, 0.4) is 0 Å². The van der Waals surface area contributed by atoms with Crippen molar-refractivity contribution in [1.29, 1.82) is 0 Å². The van der Waals surface area contributed by atoms with Crippen molar-refractivity contribution in [2.75, 3.05) is 12.8 Å². The third-order valence-corrected chi connectivity index (χ3v) is 5.80. The molecule has 0 bridgehead atoms. The highest BCUT2D eigenvalue weighted by molar-refractivity contribution is 5.61. The topological polar surface area (TPSA) is 91.2 Å². The number of fused-ring (bicyclic) bond motifs is 1. The van der Waals surface area contributed by atoms with E-state index in [2.05, 4.69) is 15.0 Å². The highest BCUT2D eigenvalue weighted by Crippen LogP contribution is 2.62. The molecule has 128 valence electrons. The Labute approximate surface area is 145 Å². The van der Waals surface area contributed by atoms with Crippen molar-refractivity contribution in [3.8, 4) is 17.1 Å². The largest absolute Gasteiger partial charge is 0.495 e. The van der Waals surface area contributed by atoms with Gasteiger partial charge in [0.1, 0.15) is 17.1 Å². The highest BCUT2D eigenvalue weighted by Gasteiger charge is 2.49. The molecule has 0 radical (unpaired) electrons. The molecule has 7 heteroatoms. The molecule has 0 aliphatic heterocycles. The summed E-state index contributed by atoms with van der Waals surface area (Å²) in [6, 6.07) is 3.78. The van der Waals surface area contributed by atoms with Crippen molar-refractivity contribution in [2.45, 2.75) is 38.0 Å². The number of ether oxygens (including phenoxy) is 1. The first kappa shape index (κ1) is 14.6. The first-order valence-electron chi connectivity index (χ1n) is 8.69. The summed E-state index contributed by atoms with van der Waals surface area (Å²) in [5.41, 5.74) is 9.60. The summed E-state index contributed by atoms with van der Waals surface area (Å²) >= 11 is 0. The summed E-state index contributed by atoms with van der Waals surface area (Å²) in [5.74, 6) is 1.53. The summed E-state index contributed by atoms with van der Waals surface area (Å²) in [4.78, 5) is 12.7. The molecule has 7 nitrogen and oxygen atoms in total. The Morgan fingerprint density at radius 1 is 1.28 bits per heavy atom. The second kappa shape index (κ2) is 5.15. The van der Waals surface area contributed by atoms with Crippen molar-refractivity contribution < 1.29 is 4.74 Å². The van der Waals surface area contributed by atoms with Gasteiger partial charge in [-0.1, -0.05) is 6.42 Å². The molecule has 2 N–H and O–H groups in total. The molecule has 0 saturated heterocycles. The Morgan fingerprint density at radius 3 is 2.80 bits per heavy atom. The Balaban J connectivity index is 1.59. The Bertz CT molecular complexity index is 953. The minimum Gasteiger partial charge on any atom is -0.495 e. The zero-order valence-electron chi connectivity index (χ0n) is 14.1. The molecule has 5 rings (SSSR count). The molecule has 0 amide bonds. The number of methoxy groups -OCH3 is 1. The van der Waals surface area contributed by atoms with E-state index in [1.54, 1.807) is 19.5 Å². The number of nitrogens with zero attached hydrogens (tertiary/aromatic N) is 5. The fourth-order valence-electron chi connectivity index (χ4n) is 4.31. The van der Waals surface area contributed by atoms with Gasteiger partial charge in [-0.25, -0.2) is 19.5 Å². The molecular weight excluding hydrogens is 316 g/mol. The minimum absolute atomic E-state index is 0.243. The average molecular weight is 336 g/mol.